The van der Waals surface area contributed by atoms with E-state index in [0.717, 1.165) is 13.1 Å². The van der Waals surface area contributed by atoms with E-state index in [1.807, 2.05) is 4.90 Å². The van der Waals surface area contributed by atoms with Crippen molar-refractivity contribution in [3.8, 4) is 5.88 Å². The number of rotatable bonds is 3. The van der Waals surface area contributed by atoms with Crippen molar-refractivity contribution in [3.05, 3.63) is 47.4 Å². The topological polar surface area (TPSA) is 58.6 Å². The number of piperazine rings is 1. The standard InChI is InChI=1S/C18H22N4O2/c1-13-4-5-14(2)16(10-13)21-6-8-22(9-7-21)18(23)15-11-17(24-3)20-12-19-15/h4-5,10-12H,6-9H2,1-3H3. The first kappa shape index (κ1) is 16.2. The molecule has 1 saturated heterocycles. The predicted molar refractivity (Wildman–Crippen MR) is 92.6 cm³/mol. The van der Waals surface area contributed by atoms with Crippen LogP contribution in [0.2, 0.25) is 0 Å². The van der Waals surface area contributed by atoms with Crippen molar-refractivity contribution in [2.75, 3.05) is 38.2 Å². The second-order valence-corrected chi connectivity index (χ2v) is 6.01. The van der Waals surface area contributed by atoms with Crippen LogP contribution in [0.25, 0.3) is 0 Å². The Morgan fingerprint density at radius 2 is 1.83 bits per heavy atom. The SMILES string of the molecule is COc1cc(C(=O)N2CCN(c3cc(C)ccc3C)CC2)ncn1. The number of nitrogens with zero attached hydrogens (tertiary/aromatic N) is 4. The van der Waals surface area contributed by atoms with Crippen LogP contribution in [-0.4, -0.2) is 54.1 Å². The van der Waals surface area contributed by atoms with Crippen molar-refractivity contribution in [1.82, 2.24) is 14.9 Å². The number of methoxy groups -OCH3 is 1. The molecule has 2 aromatic rings. The number of benzene rings is 1. The molecule has 1 aliphatic rings. The first-order valence-electron chi connectivity index (χ1n) is 8.06. The van der Waals surface area contributed by atoms with Gasteiger partial charge in [0.25, 0.3) is 5.91 Å². The van der Waals surface area contributed by atoms with Gasteiger partial charge in [0.05, 0.1) is 7.11 Å². The third kappa shape index (κ3) is 3.32. The lowest BCUT2D eigenvalue weighted by Gasteiger charge is -2.36. The van der Waals surface area contributed by atoms with Crippen LogP contribution in [0.5, 0.6) is 5.88 Å². The molecule has 6 nitrogen and oxygen atoms in total. The number of aryl methyl sites for hydroxylation is 2. The molecular formula is C18H22N4O2. The second-order valence-electron chi connectivity index (χ2n) is 6.01. The summed E-state index contributed by atoms with van der Waals surface area (Å²) in [5.74, 6) is 0.332. The number of aromatic nitrogens is 2. The highest BCUT2D eigenvalue weighted by Gasteiger charge is 2.24. The van der Waals surface area contributed by atoms with Crippen LogP contribution in [0, 0.1) is 13.8 Å². The highest BCUT2D eigenvalue weighted by atomic mass is 16.5. The minimum absolute atomic E-state index is 0.0729. The number of hydrogen-bond acceptors (Lipinski definition) is 5. The van der Waals surface area contributed by atoms with Gasteiger partial charge in [0.1, 0.15) is 12.0 Å². The van der Waals surface area contributed by atoms with Gasteiger partial charge in [-0.3, -0.25) is 4.79 Å². The van der Waals surface area contributed by atoms with Gasteiger partial charge in [-0.05, 0) is 31.0 Å². The fourth-order valence-electron chi connectivity index (χ4n) is 2.94. The first-order chi connectivity index (χ1) is 11.6. The van der Waals surface area contributed by atoms with Gasteiger partial charge in [0, 0.05) is 37.9 Å². The Kier molecular flexibility index (Phi) is 4.64. The van der Waals surface area contributed by atoms with E-state index >= 15 is 0 Å². The molecule has 126 valence electrons. The zero-order valence-electron chi connectivity index (χ0n) is 14.3. The molecule has 2 heterocycles. The molecule has 24 heavy (non-hydrogen) atoms. The van der Waals surface area contributed by atoms with Crippen molar-refractivity contribution in [2.45, 2.75) is 13.8 Å². The van der Waals surface area contributed by atoms with E-state index < -0.39 is 0 Å². The van der Waals surface area contributed by atoms with Gasteiger partial charge in [-0.1, -0.05) is 12.1 Å². The third-order valence-electron chi connectivity index (χ3n) is 4.34. The van der Waals surface area contributed by atoms with Crippen LogP contribution < -0.4 is 9.64 Å². The summed E-state index contributed by atoms with van der Waals surface area (Å²) in [5.41, 5.74) is 4.15. The number of carbonyl (C=O) groups excluding carboxylic acids is 1. The van der Waals surface area contributed by atoms with E-state index in [1.165, 1.54) is 30.3 Å². The Balaban J connectivity index is 1.68. The van der Waals surface area contributed by atoms with Crippen LogP contribution in [0.1, 0.15) is 21.6 Å². The normalized spacial score (nSPS) is 14.6. The molecule has 1 aliphatic heterocycles. The summed E-state index contributed by atoms with van der Waals surface area (Å²) in [4.78, 5) is 24.8. The van der Waals surface area contributed by atoms with Crippen LogP contribution in [0.3, 0.4) is 0 Å². The van der Waals surface area contributed by atoms with Crippen molar-refractivity contribution in [1.29, 1.82) is 0 Å². The third-order valence-corrected chi connectivity index (χ3v) is 4.34. The molecule has 0 radical (unpaired) electrons. The highest BCUT2D eigenvalue weighted by molar-refractivity contribution is 5.92. The summed E-state index contributed by atoms with van der Waals surface area (Å²) in [7, 11) is 1.53. The number of ether oxygens (including phenoxy) is 1. The highest BCUT2D eigenvalue weighted by Crippen LogP contribution is 2.23. The maximum atomic E-state index is 12.6. The molecule has 3 rings (SSSR count). The quantitative estimate of drug-likeness (QED) is 0.864. The molecule has 6 heteroatoms. The van der Waals surface area contributed by atoms with Crippen molar-refractivity contribution >= 4 is 11.6 Å². The Hall–Kier alpha value is -2.63. The molecule has 0 spiro atoms. The van der Waals surface area contributed by atoms with E-state index in [0.29, 0.717) is 24.7 Å². The summed E-state index contributed by atoms with van der Waals surface area (Å²) < 4.78 is 5.06. The minimum atomic E-state index is -0.0729. The number of anilines is 1. The van der Waals surface area contributed by atoms with Crippen LogP contribution in [0.4, 0.5) is 5.69 Å². The predicted octanol–water partition coefficient (Wildman–Crippen LogP) is 2.06. The zero-order valence-corrected chi connectivity index (χ0v) is 14.3. The van der Waals surface area contributed by atoms with E-state index in [-0.39, 0.29) is 5.91 Å². The average Bonchev–Trinajstić information content (AvgIpc) is 2.63. The second kappa shape index (κ2) is 6.86. The van der Waals surface area contributed by atoms with E-state index in [1.54, 1.807) is 6.07 Å². The minimum Gasteiger partial charge on any atom is -0.481 e. The maximum absolute atomic E-state index is 12.6. The van der Waals surface area contributed by atoms with Gasteiger partial charge in [-0.25, -0.2) is 9.97 Å². The lowest BCUT2D eigenvalue weighted by molar-refractivity contribution is 0.0740. The lowest BCUT2D eigenvalue weighted by Crippen LogP contribution is -2.49. The number of hydrogen-bond donors (Lipinski definition) is 0. The van der Waals surface area contributed by atoms with Gasteiger partial charge in [-0.15, -0.1) is 0 Å². The lowest BCUT2D eigenvalue weighted by atomic mass is 10.1. The molecule has 1 aromatic carbocycles. The molecule has 0 N–H and O–H groups in total. The maximum Gasteiger partial charge on any atom is 0.272 e. The monoisotopic (exact) mass is 326 g/mol. The van der Waals surface area contributed by atoms with E-state index in [9.17, 15) is 4.79 Å². The summed E-state index contributed by atoms with van der Waals surface area (Å²) in [6.45, 7) is 7.22. The molecule has 1 amide bonds. The fraction of sp³-hybridized carbons (Fsp3) is 0.389. The largest absolute Gasteiger partial charge is 0.481 e. The van der Waals surface area contributed by atoms with Crippen molar-refractivity contribution in [3.63, 3.8) is 0 Å². The van der Waals surface area contributed by atoms with E-state index in [4.69, 9.17) is 4.74 Å². The fourth-order valence-corrected chi connectivity index (χ4v) is 2.94. The van der Waals surface area contributed by atoms with Gasteiger partial charge in [-0.2, -0.15) is 0 Å². The molecule has 0 unspecified atom stereocenters. The van der Waals surface area contributed by atoms with E-state index in [2.05, 4.69) is 46.9 Å². The molecule has 0 aliphatic carbocycles. The smallest absolute Gasteiger partial charge is 0.272 e. The first-order valence-corrected chi connectivity index (χ1v) is 8.06. The van der Waals surface area contributed by atoms with Gasteiger partial charge < -0.3 is 14.5 Å². The Morgan fingerprint density at radius 1 is 1.08 bits per heavy atom. The molecule has 0 saturated carbocycles. The number of amides is 1. The van der Waals surface area contributed by atoms with Gasteiger partial charge >= 0.3 is 0 Å². The average molecular weight is 326 g/mol. The van der Waals surface area contributed by atoms with Gasteiger partial charge in [0.2, 0.25) is 5.88 Å². The van der Waals surface area contributed by atoms with Crippen molar-refractivity contribution in [2.24, 2.45) is 0 Å². The Labute approximate surface area is 142 Å². The zero-order chi connectivity index (χ0) is 17.1. The summed E-state index contributed by atoms with van der Waals surface area (Å²) >= 11 is 0. The molecular weight excluding hydrogens is 304 g/mol. The van der Waals surface area contributed by atoms with Crippen LogP contribution >= 0.6 is 0 Å². The molecule has 0 bridgehead atoms. The molecule has 1 aromatic heterocycles. The van der Waals surface area contributed by atoms with Crippen LogP contribution in [-0.2, 0) is 0 Å². The number of carbonyl (C=O) groups is 1. The van der Waals surface area contributed by atoms with Crippen molar-refractivity contribution < 1.29 is 9.53 Å². The summed E-state index contributed by atoms with van der Waals surface area (Å²) in [6.07, 6.45) is 1.36. The Morgan fingerprint density at radius 3 is 2.54 bits per heavy atom. The van der Waals surface area contributed by atoms with Crippen LogP contribution in [0.15, 0.2) is 30.6 Å². The Bertz CT molecular complexity index is 740. The molecule has 1 fully saturated rings. The summed E-state index contributed by atoms with van der Waals surface area (Å²) in [5, 5.41) is 0. The summed E-state index contributed by atoms with van der Waals surface area (Å²) in [6, 6.07) is 8.07. The molecule has 0 atom stereocenters. The van der Waals surface area contributed by atoms with Gasteiger partial charge in [0.15, 0.2) is 0 Å².